The average Bonchev–Trinajstić information content (AvgIpc) is 2.64. The number of hydrazone groups is 1. The second-order valence-corrected chi connectivity index (χ2v) is 5.47. The van der Waals surface area contributed by atoms with Gasteiger partial charge in [0.15, 0.2) is 7.05 Å². The van der Waals surface area contributed by atoms with Crippen molar-refractivity contribution in [2.75, 3.05) is 7.05 Å². The van der Waals surface area contributed by atoms with Gasteiger partial charge in [-0.05, 0) is 17.5 Å². The van der Waals surface area contributed by atoms with E-state index in [0.717, 1.165) is 5.39 Å². The van der Waals surface area contributed by atoms with Crippen LogP contribution in [-0.4, -0.2) is 29.0 Å². The number of amides is 1. The summed E-state index contributed by atoms with van der Waals surface area (Å²) in [5.74, 6) is -0.341. The Hall–Kier alpha value is -3.54. The first-order chi connectivity index (χ1) is 12.1. The van der Waals surface area contributed by atoms with Crippen LogP contribution in [0.15, 0.2) is 65.8 Å². The van der Waals surface area contributed by atoms with Crippen molar-refractivity contribution >= 4 is 28.6 Å². The Kier molecular flexibility index (Phi) is 4.52. The molecule has 0 spiro atoms. The highest BCUT2D eigenvalue weighted by Crippen LogP contribution is 2.27. The van der Waals surface area contributed by atoms with Gasteiger partial charge in [0.1, 0.15) is 5.75 Å². The van der Waals surface area contributed by atoms with Crippen molar-refractivity contribution in [1.82, 2.24) is 5.43 Å². The van der Waals surface area contributed by atoms with Crippen LogP contribution < -0.4 is 5.43 Å². The summed E-state index contributed by atoms with van der Waals surface area (Å²) in [7, 11) is 1.36. The number of rotatable bonds is 4. The molecule has 0 unspecified atom stereocenters. The molecule has 2 N–H and O–H groups in total. The minimum Gasteiger partial charge on any atom is -0.507 e. The number of phenolic OH excluding ortho intramolecular Hbond substituents is 1. The summed E-state index contributed by atoms with van der Waals surface area (Å²) in [5, 5.41) is 15.8. The fourth-order valence-corrected chi connectivity index (χ4v) is 2.44. The largest absolute Gasteiger partial charge is 0.507 e. The maximum absolute atomic E-state index is 12.1. The molecule has 0 aliphatic heterocycles. The highest BCUT2D eigenvalue weighted by Gasteiger charge is 2.11. The van der Waals surface area contributed by atoms with Crippen LogP contribution in [0.1, 0.15) is 15.9 Å². The highest BCUT2D eigenvalue weighted by atomic mass is 16.3. The molecule has 0 aliphatic rings. The molecule has 0 fully saturated rings. The van der Waals surface area contributed by atoms with Gasteiger partial charge in [0.2, 0.25) is 0 Å². The molecule has 3 aromatic carbocycles. The van der Waals surface area contributed by atoms with E-state index in [4.69, 9.17) is 0 Å². The summed E-state index contributed by atoms with van der Waals surface area (Å²) in [4.78, 5) is 23.4. The number of aromatic hydroxyl groups is 1. The number of fused-ring (bicyclic) bond motifs is 1. The minimum absolute atomic E-state index is 0.103. The van der Waals surface area contributed by atoms with Crippen molar-refractivity contribution in [1.29, 1.82) is 0 Å². The van der Waals surface area contributed by atoms with Gasteiger partial charge in [0.05, 0.1) is 6.21 Å². The Balaban J connectivity index is 1.77. The predicted octanol–water partition coefficient (Wildman–Crippen LogP) is 3.35. The monoisotopic (exact) mass is 334 g/mol. The molecule has 0 radical (unpaired) electrons. The predicted molar refractivity (Wildman–Crippen MR) is 96.3 cm³/mol. The van der Waals surface area contributed by atoms with Crippen LogP contribution in [0.5, 0.6) is 5.75 Å². The van der Waals surface area contributed by atoms with Crippen LogP contribution in [0.25, 0.3) is 10.8 Å². The first-order valence-corrected chi connectivity index (χ1v) is 7.61. The van der Waals surface area contributed by atoms with E-state index >= 15 is 0 Å². The highest BCUT2D eigenvalue weighted by molar-refractivity contribution is 5.98. The number of hydrogen-bond acceptors (Lipinski definition) is 4. The normalized spacial score (nSPS) is 10.9. The molecule has 3 rings (SSSR count). The van der Waals surface area contributed by atoms with Crippen molar-refractivity contribution in [2.24, 2.45) is 5.10 Å². The molecule has 3 aromatic rings. The first-order valence-electron chi connectivity index (χ1n) is 7.61. The molecular formula is C19H16N3O3+. The van der Waals surface area contributed by atoms with Crippen LogP contribution in [0.4, 0.5) is 5.69 Å². The minimum atomic E-state index is -0.444. The van der Waals surface area contributed by atoms with E-state index in [9.17, 15) is 14.8 Å². The Morgan fingerprint density at radius 1 is 1.12 bits per heavy atom. The van der Waals surface area contributed by atoms with Gasteiger partial charge in [-0.15, -0.1) is 0 Å². The van der Waals surface area contributed by atoms with E-state index in [1.807, 2.05) is 30.3 Å². The lowest BCUT2D eigenvalue weighted by Crippen LogP contribution is -2.17. The lowest BCUT2D eigenvalue weighted by molar-refractivity contribution is -0.428. The van der Waals surface area contributed by atoms with E-state index < -0.39 is 5.91 Å². The molecule has 0 heterocycles. The SMILES string of the molecule is C[N+](=O)c1cccc(C(=O)N/N=C/c2ccc3ccccc3c2O)c1. The van der Waals surface area contributed by atoms with Crippen molar-refractivity contribution in [3.63, 3.8) is 0 Å². The lowest BCUT2D eigenvalue weighted by Gasteiger charge is -2.04. The van der Waals surface area contributed by atoms with Crippen molar-refractivity contribution in [3.8, 4) is 5.75 Å². The van der Waals surface area contributed by atoms with Crippen LogP contribution in [0.3, 0.4) is 0 Å². The molecule has 6 nitrogen and oxygen atoms in total. The van der Waals surface area contributed by atoms with E-state index in [-0.39, 0.29) is 5.75 Å². The molecule has 0 atom stereocenters. The zero-order valence-electron chi connectivity index (χ0n) is 13.5. The summed E-state index contributed by atoms with van der Waals surface area (Å²) in [5.41, 5.74) is 3.58. The summed E-state index contributed by atoms with van der Waals surface area (Å²) in [6.45, 7) is 0. The lowest BCUT2D eigenvalue weighted by atomic mass is 10.1. The summed E-state index contributed by atoms with van der Waals surface area (Å²) < 4.78 is 0.674. The topological polar surface area (TPSA) is 81.8 Å². The van der Waals surface area contributed by atoms with E-state index in [0.29, 0.717) is 27.0 Å². The third-order valence-electron chi connectivity index (χ3n) is 3.77. The van der Waals surface area contributed by atoms with Gasteiger partial charge in [0, 0.05) is 38.3 Å². The zero-order chi connectivity index (χ0) is 17.8. The summed E-state index contributed by atoms with van der Waals surface area (Å²) in [6, 6.07) is 17.3. The Labute approximate surface area is 144 Å². The number of nitrogens with zero attached hydrogens (tertiary/aromatic N) is 2. The Morgan fingerprint density at radius 2 is 1.92 bits per heavy atom. The quantitative estimate of drug-likeness (QED) is 0.436. The van der Waals surface area contributed by atoms with Crippen LogP contribution in [-0.2, 0) is 0 Å². The first kappa shape index (κ1) is 16.3. The third kappa shape index (κ3) is 3.53. The second-order valence-electron chi connectivity index (χ2n) is 5.47. The molecule has 0 saturated heterocycles. The smallest absolute Gasteiger partial charge is 0.271 e. The second kappa shape index (κ2) is 6.92. The van der Waals surface area contributed by atoms with Gasteiger partial charge >= 0.3 is 0 Å². The van der Waals surface area contributed by atoms with Gasteiger partial charge in [-0.2, -0.15) is 5.10 Å². The molecule has 0 aromatic heterocycles. The molecule has 25 heavy (non-hydrogen) atoms. The standard InChI is InChI=1S/C19H15N3O3/c1-22(25)16-7-4-6-14(11-16)19(24)21-20-12-15-10-9-13-5-2-3-8-17(13)18(15)23/h2-12H,1H3,(H-,20,21,23,24)/p+1. The molecule has 0 bridgehead atoms. The molecule has 124 valence electrons. The summed E-state index contributed by atoms with van der Waals surface area (Å²) in [6.07, 6.45) is 1.38. The van der Waals surface area contributed by atoms with Gasteiger partial charge in [-0.25, -0.2) is 5.43 Å². The zero-order valence-corrected chi connectivity index (χ0v) is 13.5. The number of nitroso groups, excluding NO2 is 1. The van der Waals surface area contributed by atoms with Crippen molar-refractivity contribution in [3.05, 3.63) is 76.7 Å². The van der Waals surface area contributed by atoms with E-state index in [1.165, 1.54) is 19.3 Å². The molecule has 6 heteroatoms. The Morgan fingerprint density at radius 3 is 2.72 bits per heavy atom. The van der Waals surface area contributed by atoms with Crippen LogP contribution in [0.2, 0.25) is 0 Å². The fourth-order valence-electron chi connectivity index (χ4n) is 2.44. The average molecular weight is 334 g/mol. The number of phenols is 1. The number of carbonyl (C=O) groups is 1. The molecule has 0 aliphatic carbocycles. The third-order valence-corrected chi connectivity index (χ3v) is 3.77. The number of benzene rings is 3. The molecular weight excluding hydrogens is 318 g/mol. The summed E-state index contributed by atoms with van der Waals surface area (Å²) >= 11 is 0. The van der Waals surface area contributed by atoms with Crippen molar-refractivity contribution < 1.29 is 14.7 Å². The van der Waals surface area contributed by atoms with Crippen LogP contribution >= 0.6 is 0 Å². The Bertz CT molecular complexity index is 996. The molecule has 0 saturated carbocycles. The van der Waals surface area contributed by atoms with Gasteiger partial charge in [-0.3, -0.25) is 4.79 Å². The maximum Gasteiger partial charge on any atom is 0.271 e. The fraction of sp³-hybridized carbons (Fsp3) is 0.0526. The van der Waals surface area contributed by atoms with Gasteiger partial charge in [0.25, 0.3) is 11.6 Å². The van der Waals surface area contributed by atoms with Crippen molar-refractivity contribution in [2.45, 2.75) is 0 Å². The maximum atomic E-state index is 12.1. The number of nitrogens with one attached hydrogen (secondary N) is 1. The van der Waals surface area contributed by atoms with E-state index in [1.54, 1.807) is 24.3 Å². The molecule has 1 amide bonds. The number of hydrogen-bond donors (Lipinski definition) is 2. The number of carbonyl (C=O) groups excluding carboxylic acids is 1. The van der Waals surface area contributed by atoms with Gasteiger partial charge in [-0.1, -0.05) is 36.4 Å². The van der Waals surface area contributed by atoms with Crippen LogP contribution in [0, 0.1) is 4.91 Å². The van der Waals surface area contributed by atoms with E-state index in [2.05, 4.69) is 10.5 Å². The van der Waals surface area contributed by atoms with Gasteiger partial charge < -0.3 is 5.11 Å².